The number of rotatable bonds is 15. The summed E-state index contributed by atoms with van der Waals surface area (Å²) in [6, 6.07) is -1.07. The molecule has 17 heteroatoms. The molecule has 2 aliphatic heterocycles. The third kappa shape index (κ3) is 6.92. The standard InChI is InChI=1S/C22H29FN6O8S2/c23-12-37-27-15(14-11-39-22(24)25-14)18(33)26-16-19(34)28-17(21(35)36)13(10-38-20(16)28)2-1-3-29(4-7-30,5-8-31)6-9-32/h1-2,11,16,20,30-32H,3-10,12H2,(H3-,24,25,26,33,35,36)/p+1/b2-1+,27-15-/t16-,20-/m1/s1. The van der Waals surface area contributed by atoms with Crippen LogP contribution in [0, 0.1) is 0 Å². The fourth-order valence-corrected chi connectivity index (χ4v) is 6.20. The summed E-state index contributed by atoms with van der Waals surface area (Å²) < 4.78 is 12.7. The van der Waals surface area contributed by atoms with Gasteiger partial charge in [-0.2, -0.15) is 0 Å². The van der Waals surface area contributed by atoms with Gasteiger partial charge >= 0.3 is 5.97 Å². The maximum Gasteiger partial charge on any atom is 0.352 e. The highest BCUT2D eigenvalue weighted by atomic mass is 32.2. The van der Waals surface area contributed by atoms with Crippen LogP contribution in [-0.4, -0.2) is 128 Å². The van der Waals surface area contributed by atoms with Crippen LogP contribution in [0.2, 0.25) is 0 Å². The van der Waals surface area contributed by atoms with E-state index in [-0.39, 0.29) is 71.9 Å². The molecule has 0 saturated carbocycles. The second kappa shape index (κ2) is 13.8. The number of nitrogens with two attached hydrogens (primary N) is 1. The number of alkyl halides is 1. The molecule has 2 atom stereocenters. The Kier molecular flexibility index (Phi) is 10.8. The lowest BCUT2D eigenvalue weighted by Gasteiger charge is -2.49. The Bertz CT molecular complexity index is 1140. The monoisotopic (exact) mass is 589 g/mol. The zero-order chi connectivity index (χ0) is 28.6. The van der Waals surface area contributed by atoms with E-state index in [4.69, 9.17) is 5.73 Å². The van der Waals surface area contributed by atoms with E-state index in [0.717, 1.165) is 16.2 Å². The topological polar surface area (TPSA) is 208 Å². The molecule has 39 heavy (non-hydrogen) atoms. The summed E-state index contributed by atoms with van der Waals surface area (Å²) in [6.45, 7) is -0.613. The largest absolute Gasteiger partial charge is 0.477 e. The molecule has 7 N–H and O–H groups in total. The van der Waals surface area contributed by atoms with Crippen molar-refractivity contribution in [1.82, 2.24) is 15.2 Å². The quantitative estimate of drug-likeness (QED) is 0.0598. The number of hydrogen-bond donors (Lipinski definition) is 6. The number of aliphatic hydroxyl groups is 3. The first-order valence-corrected chi connectivity index (χ1v) is 13.7. The molecule has 214 valence electrons. The number of nitrogen functional groups attached to an aromatic ring is 1. The van der Waals surface area contributed by atoms with Crippen LogP contribution in [0.3, 0.4) is 0 Å². The molecule has 0 radical (unpaired) electrons. The average Bonchev–Trinajstić information content (AvgIpc) is 3.33. The summed E-state index contributed by atoms with van der Waals surface area (Å²) in [5.74, 6) is -2.63. The summed E-state index contributed by atoms with van der Waals surface area (Å²) in [4.78, 5) is 47.4. The predicted octanol–water partition coefficient (Wildman–Crippen LogP) is -1.54. The Labute approximate surface area is 230 Å². The maximum absolute atomic E-state index is 13.0. The maximum atomic E-state index is 13.0. The van der Waals surface area contributed by atoms with Gasteiger partial charge in [0.05, 0.1) is 26.4 Å². The van der Waals surface area contributed by atoms with E-state index in [1.54, 1.807) is 12.2 Å². The minimum Gasteiger partial charge on any atom is -0.477 e. The summed E-state index contributed by atoms with van der Waals surface area (Å²) >= 11 is 2.26. The normalized spacial score (nSPS) is 19.7. The Hall–Kier alpha value is -3.09. The number of allylic oxidation sites excluding steroid dienone is 1. The van der Waals surface area contributed by atoms with Crippen LogP contribution in [0.5, 0.6) is 0 Å². The summed E-state index contributed by atoms with van der Waals surface area (Å²) in [5.41, 5.74) is 5.38. The van der Waals surface area contributed by atoms with Crippen LogP contribution in [0.4, 0.5) is 9.52 Å². The van der Waals surface area contributed by atoms with E-state index in [0.29, 0.717) is 12.1 Å². The Morgan fingerprint density at radius 3 is 2.49 bits per heavy atom. The lowest BCUT2D eigenvalue weighted by Crippen LogP contribution is -2.71. The van der Waals surface area contributed by atoms with E-state index in [1.165, 1.54) is 17.1 Å². The first kappa shape index (κ1) is 30.5. The number of hydrogen-bond acceptors (Lipinski definition) is 12. The molecule has 2 amide bonds. The molecular formula is C22H30FN6O8S2+. The van der Waals surface area contributed by atoms with Gasteiger partial charge in [0.25, 0.3) is 18.7 Å². The molecule has 1 saturated heterocycles. The Balaban J connectivity index is 1.77. The molecular weight excluding hydrogens is 559 g/mol. The molecule has 2 aliphatic rings. The number of carboxylic acids is 1. The van der Waals surface area contributed by atoms with Crippen LogP contribution in [0.1, 0.15) is 5.69 Å². The van der Waals surface area contributed by atoms with Crippen LogP contribution >= 0.6 is 23.1 Å². The number of aliphatic carboxylic acids is 1. The summed E-state index contributed by atoms with van der Waals surface area (Å²) in [7, 11) is 0. The number of nitrogens with zero attached hydrogens (tertiary/aromatic N) is 4. The van der Waals surface area contributed by atoms with Crippen LogP contribution in [0.25, 0.3) is 0 Å². The number of carbonyl (C=O) groups excluding carboxylic acids is 2. The second-order valence-corrected chi connectivity index (χ2v) is 10.6. The fourth-order valence-electron chi connectivity index (χ4n) is 4.33. The van der Waals surface area contributed by atoms with Crippen LogP contribution < -0.4 is 11.1 Å². The van der Waals surface area contributed by atoms with Gasteiger partial charge in [0, 0.05) is 11.1 Å². The van der Waals surface area contributed by atoms with Crippen molar-refractivity contribution in [3.05, 3.63) is 34.5 Å². The van der Waals surface area contributed by atoms with Gasteiger partial charge in [-0.15, -0.1) is 23.1 Å². The molecule has 3 rings (SSSR count). The van der Waals surface area contributed by atoms with Gasteiger partial charge in [-0.05, 0) is 11.6 Å². The van der Waals surface area contributed by atoms with Crippen molar-refractivity contribution in [3.63, 3.8) is 0 Å². The molecule has 0 spiro atoms. The van der Waals surface area contributed by atoms with E-state index >= 15 is 0 Å². The minimum absolute atomic E-state index is 0.0278. The van der Waals surface area contributed by atoms with Gasteiger partial charge in [0.2, 0.25) is 0 Å². The molecule has 14 nitrogen and oxygen atoms in total. The first-order valence-electron chi connectivity index (χ1n) is 11.8. The minimum atomic E-state index is -1.32. The fraction of sp³-hybridized carbons (Fsp3) is 0.500. The zero-order valence-electron chi connectivity index (χ0n) is 20.7. The zero-order valence-corrected chi connectivity index (χ0v) is 22.4. The SMILES string of the molecule is Nc1nc(/C(=N/OCF)C(=O)N[C@@H]2C(=O)N3C(C(=O)O)=C(/C=C/C[N+](CCO)(CCO)CCO)CS[C@H]23)cs1. The number of nitrogens with one attached hydrogen (secondary N) is 1. The highest BCUT2D eigenvalue weighted by molar-refractivity contribution is 8.00. The van der Waals surface area contributed by atoms with Gasteiger partial charge < -0.3 is 40.8 Å². The molecule has 3 heterocycles. The number of fused-ring (bicyclic) bond motifs is 1. The van der Waals surface area contributed by atoms with Gasteiger partial charge in [0.1, 0.15) is 42.4 Å². The van der Waals surface area contributed by atoms with Crippen molar-refractivity contribution in [1.29, 1.82) is 0 Å². The van der Waals surface area contributed by atoms with Gasteiger partial charge in [-0.3, -0.25) is 14.5 Å². The van der Waals surface area contributed by atoms with Gasteiger partial charge in [-0.25, -0.2) is 14.2 Å². The first-order chi connectivity index (χ1) is 18.7. The van der Waals surface area contributed by atoms with Gasteiger partial charge in [0.15, 0.2) is 10.8 Å². The molecule has 0 aliphatic carbocycles. The van der Waals surface area contributed by atoms with Crippen molar-refractivity contribution < 1.29 is 48.5 Å². The van der Waals surface area contributed by atoms with Crippen molar-refractivity contribution in [3.8, 4) is 0 Å². The van der Waals surface area contributed by atoms with Crippen molar-refractivity contribution in [2.75, 3.05) is 64.3 Å². The molecule has 1 aromatic rings. The lowest BCUT2D eigenvalue weighted by atomic mass is 10.0. The number of anilines is 1. The second-order valence-electron chi connectivity index (χ2n) is 8.56. The lowest BCUT2D eigenvalue weighted by molar-refractivity contribution is -0.923. The van der Waals surface area contributed by atoms with E-state index < -0.39 is 36.1 Å². The third-order valence-corrected chi connectivity index (χ3v) is 8.18. The molecule has 1 aromatic heterocycles. The molecule has 0 unspecified atom stereocenters. The van der Waals surface area contributed by atoms with E-state index in [2.05, 4.69) is 20.3 Å². The number of β-lactam (4-membered cyclic amide) rings is 1. The number of oxime groups is 1. The number of quaternary nitrogens is 1. The smallest absolute Gasteiger partial charge is 0.352 e. The van der Waals surface area contributed by atoms with Gasteiger partial charge in [-0.1, -0.05) is 11.2 Å². The van der Waals surface area contributed by atoms with Crippen molar-refractivity contribution >= 4 is 51.7 Å². The number of carbonyl (C=O) groups is 3. The summed E-state index contributed by atoms with van der Waals surface area (Å²) in [5, 5.41) is 45.0. The van der Waals surface area contributed by atoms with Crippen LogP contribution in [-0.2, 0) is 19.2 Å². The number of aliphatic hydroxyl groups excluding tert-OH is 3. The van der Waals surface area contributed by atoms with E-state index in [9.17, 15) is 39.2 Å². The van der Waals surface area contributed by atoms with Crippen LogP contribution in [0.15, 0.2) is 34.0 Å². The number of thiazole rings is 1. The Morgan fingerprint density at radius 1 is 1.28 bits per heavy atom. The third-order valence-electron chi connectivity index (χ3n) is 6.21. The number of aromatic nitrogens is 1. The molecule has 1 fully saturated rings. The highest BCUT2D eigenvalue weighted by Gasteiger charge is 2.54. The number of carboxylic acid groups (broad SMARTS) is 1. The van der Waals surface area contributed by atoms with E-state index in [1.807, 2.05) is 0 Å². The predicted molar refractivity (Wildman–Crippen MR) is 140 cm³/mol. The van der Waals surface area contributed by atoms with Crippen molar-refractivity contribution in [2.24, 2.45) is 5.16 Å². The number of amides is 2. The highest BCUT2D eigenvalue weighted by Crippen LogP contribution is 2.40. The Morgan fingerprint density at radius 2 is 1.95 bits per heavy atom. The van der Waals surface area contributed by atoms with Crippen molar-refractivity contribution in [2.45, 2.75) is 11.4 Å². The summed E-state index contributed by atoms with van der Waals surface area (Å²) in [6.07, 6.45) is 3.27. The molecule has 0 aromatic carbocycles. The average molecular weight is 590 g/mol. The molecule has 0 bridgehead atoms. The number of thioether (sulfide) groups is 1. The number of halogens is 1.